The van der Waals surface area contributed by atoms with Crippen LogP contribution >= 0.6 is 34.8 Å². The molecule has 0 bridgehead atoms. The van der Waals surface area contributed by atoms with E-state index in [1.807, 2.05) is 5.32 Å². The first-order chi connectivity index (χ1) is 18.0. The second-order valence-electron chi connectivity index (χ2n) is 8.52. The van der Waals surface area contributed by atoms with E-state index >= 15 is 0 Å². The Morgan fingerprint density at radius 2 is 1.50 bits per heavy atom. The number of nitrogens with one attached hydrogen (secondary N) is 1. The molecule has 0 aliphatic heterocycles. The van der Waals surface area contributed by atoms with Crippen molar-refractivity contribution in [3.8, 4) is 0 Å². The highest BCUT2D eigenvalue weighted by atomic mass is 35.5. The zero-order chi connectivity index (χ0) is 30.8. The minimum Gasteiger partial charge on any atom is -0.349 e. The summed E-state index contributed by atoms with van der Waals surface area (Å²) in [6.45, 7) is 0.975. The van der Waals surface area contributed by atoms with Gasteiger partial charge in [-0.2, -0.15) is 39.5 Å². The van der Waals surface area contributed by atoms with Gasteiger partial charge in [0.05, 0.1) is 37.9 Å². The fraction of sp³-hybridized carbons (Fsp3) is 0.348. The molecular formula is C23H17Cl3F9NO3S. The highest BCUT2D eigenvalue weighted by Crippen LogP contribution is 2.41. The predicted octanol–water partition coefficient (Wildman–Crippen LogP) is 8.12. The summed E-state index contributed by atoms with van der Waals surface area (Å²) in [5, 5.41) is 1.11. The molecule has 1 unspecified atom stereocenters. The zero-order valence-corrected chi connectivity index (χ0v) is 22.9. The summed E-state index contributed by atoms with van der Waals surface area (Å²) in [7, 11) is -4.76. The molecule has 0 radical (unpaired) electrons. The number of hydrogen-bond acceptors (Lipinski definition) is 3. The molecule has 0 aromatic heterocycles. The van der Waals surface area contributed by atoms with Gasteiger partial charge in [0.25, 0.3) is 5.91 Å². The number of benzene rings is 2. The number of sulfone groups is 1. The largest absolute Gasteiger partial charge is 0.417 e. The SMILES string of the molecule is C[C@H](CS(=O)(=O)CC(F)(F)F)NC(=O)c1ccc(/C=C/C(c2cc(Cl)c(Cl)c(Cl)c2)C(F)(F)F)cc1C(F)(F)F. The van der Waals surface area contributed by atoms with Gasteiger partial charge in [-0.1, -0.05) is 53.0 Å². The first-order valence-electron chi connectivity index (χ1n) is 10.7. The molecule has 40 heavy (non-hydrogen) atoms. The van der Waals surface area contributed by atoms with E-state index in [1.54, 1.807) is 0 Å². The third-order valence-electron chi connectivity index (χ3n) is 5.06. The number of hydrogen-bond donors (Lipinski definition) is 1. The summed E-state index contributed by atoms with van der Waals surface area (Å²) in [6, 6.07) is 2.18. The van der Waals surface area contributed by atoms with Crippen LogP contribution in [0.1, 0.15) is 39.9 Å². The van der Waals surface area contributed by atoms with E-state index in [0.29, 0.717) is 18.2 Å². The number of alkyl halides is 9. The monoisotopic (exact) mass is 663 g/mol. The fourth-order valence-electron chi connectivity index (χ4n) is 3.50. The van der Waals surface area contributed by atoms with Crippen LogP contribution in [-0.2, 0) is 16.0 Å². The zero-order valence-electron chi connectivity index (χ0n) is 19.8. The van der Waals surface area contributed by atoms with E-state index in [0.717, 1.165) is 31.2 Å². The van der Waals surface area contributed by atoms with Gasteiger partial charge in [0.15, 0.2) is 9.84 Å². The molecule has 2 aromatic rings. The van der Waals surface area contributed by atoms with Gasteiger partial charge in [-0.25, -0.2) is 8.42 Å². The molecule has 2 aromatic carbocycles. The lowest BCUT2D eigenvalue weighted by Gasteiger charge is -2.19. The lowest BCUT2D eigenvalue weighted by molar-refractivity contribution is -0.139. The van der Waals surface area contributed by atoms with Crippen LogP contribution in [0.5, 0.6) is 0 Å². The van der Waals surface area contributed by atoms with Gasteiger partial charge in [-0.05, 0) is 42.3 Å². The number of allylic oxidation sites excluding steroid dienone is 1. The Morgan fingerprint density at radius 3 is 1.98 bits per heavy atom. The molecule has 0 heterocycles. The van der Waals surface area contributed by atoms with Gasteiger partial charge in [0, 0.05) is 6.04 Å². The van der Waals surface area contributed by atoms with Crippen LogP contribution in [-0.4, -0.2) is 44.2 Å². The smallest absolute Gasteiger partial charge is 0.349 e. The number of amides is 1. The van der Waals surface area contributed by atoms with Gasteiger partial charge in [-0.3, -0.25) is 4.79 Å². The molecule has 17 heteroatoms. The summed E-state index contributed by atoms with van der Waals surface area (Å²) < 4.78 is 143. The van der Waals surface area contributed by atoms with Crippen molar-refractivity contribution in [1.29, 1.82) is 0 Å². The average Bonchev–Trinajstić information content (AvgIpc) is 2.73. The van der Waals surface area contributed by atoms with E-state index in [-0.39, 0.29) is 15.1 Å². The Balaban J connectivity index is 2.39. The fourth-order valence-corrected chi connectivity index (χ4v) is 5.58. The minimum atomic E-state index is -5.19. The van der Waals surface area contributed by atoms with Crippen molar-refractivity contribution in [2.24, 2.45) is 0 Å². The predicted molar refractivity (Wildman–Crippen MR) is 132 cm³/mol. The van der Waals surface area contributed by atoms with E-state index < -0.39 is 80.0 Å². The number of carbonyl (C=O) groups excluding carboxylic acids is 1. The maximum absolute atomic E-state index is 13.7. The lowest BCUT2D eigenvalue weighted by atomic mass is 9.96. The summed E-state index contributed by atoms with van der Waals surface area (Å²) in [4.78, 5) is 12.4. The Morgan fingerprint density at radius 1 is 0.950 bits per heavy atom. The normalized spacial score (nSPS) is 14.8. The van der Waals surface area contributed by atoms with Crippen molar-refractivity contribution in [1.82, 2.24) is 5.32 Å². The number of rotatable bonds is 8. The van der Waals surface area contributed by atoms with Crippen molar-refractivity contribution >= 4 is 56.6 Å². The van der Waals surface area contributed by atoms with Gasteiger partial charge in [0.1, 0.15) is 5.75 Å². The van der Waals surface area contributed by atoms with Crippen molar-refractivity contribution in [3.05, 3.63) is 73.7 Å². The molecule has 1 N–H and O–H groups in total. The topological polar surface area (TPSA) is 63.2 Å². The first kappa shape index (κ1) is 34.0. The molecule has 4 nitrogen and oxygen atoms in total. The van der Waals surface area contributed by atoms with E-state index in [2.05, 4.69) is 0 Å². The third-order valence-corrected chi connectivity index (χ3v) is 8.03. The van der Waals surface area contributed by atoms with Crippen LogP contribution in [0.4, 0.5) is 39.5 Å². The van der Waals surface area contributed by atoms with Gasteiger partial charge < -0.3 is 5.32 Å². The molecule has 2 atom stereocenters. The Kier molecular flexibility index (Phi) is 10.5. The van der Waals surface area contributed by atoms with E-state index in [1.165, 1.54) is 0 Å². The van der Waals surface area contributed by atoms with Crippen molar-refractivity contribution in [2.45, 2.75) is 37.4 Å². The molecule has 0 saturated carbocycles. The maximum Gasteiger partial charge on any atom is 0.417 e. The Labute approximate surface area is 237 Å². The molecule has 0 aliphatic rings. The Bertz CT molecular complexity index is 1370. The molecule has 222 valence electrons. The van der Waals surface area contributed by atoms with Gasteiger partial charge in [0.2, 0.25) is 0 Å². The van der Waals surface area contributed by atoms with Crippen LogP contribution in [0.15, 0.2) is 36.4 Å². The van der Waals surface area contributed by atoms with Crippen molar-refractivity contribution < 1.29 is 52.7 Å². The van der Waals surface area contributed by atoms with E-state index in [4.69, 9.17) is 34.8 Å². The van der Waals surface area contributed by atoms with Crippen LogP contribution in [0, 0.1) is 0 Å². The molecule has 0 aliphatic carbocycles. The highest BCUT2D eigenvalue weighted by molar-refractivity contribution is 7.91. The first-order valence-corrected chi connectivity index (χ1v) is 13.6. The maximum atomic E-state index is 13.7. The second kappa shape index (κ2) is 12.4. The lowest BCUT2D eigenvalue weighted by Crippen LogP contribution is -2.40. The second-order valence-corrected chi connectivity index (χ2v) is 11.8. The van der Waals surface area contributed by atoms with Gasteiger partial charge >= 0.3 is 18.5 Å². The standard InChI is InChI=1S/C23H17Cl3F9NO3S/c1-11(9-40(38,39)10-21(27,28)29)36-20(37)14-4-2-12(6-16(14)23(33,34)35)3-5-15(22(30,31)32)13-7-17(24)19(26)18(25)8-13/h2-8,11,15H,9-10H2,1H3,(H,36,37)/b5-3+/t11-,15?/m1/s1. The minimum absolute atomic E-state index is 0.201. The summed E-state index contributed by atoms with van der Waals surface area (Å²) in [5.41, 5.74) is -3.47. The highest BCUT2D eigenvalue weighted by Gasteiger charge is 2.40. The summed E-state index contributed by atoms with van der Waals surface area (Å²) >= 11 is 17.3. The molecule has 0 saturated heterocycles. The average molecular weight is 665 g/mol. The molecular weight excluding hydrogens is 648 g/mol. The molecule has 1 amide bonds. The van der Waals surface area contributed by atoms with E-state index in [9.17, 15) is 52.7 Å². The van der Waals surface area contributed by atoms with Crippen LogP contribution in [0.25, 0.3) is 6.08 Å². The van der Waals surface area contributed by atoms with Crippen LogP contribution in [0.3, 0.4) is 0 Å². The molecule has 2 rings (SSSR count). The third kappa shape index (κ3) is 9.74. The summed E-state index contributed by atoms with van der Waals surface area (Å²) in [6.07, 6.45) is -13.9. The van der Waals surface area contributed by atoms with Crippen molar-refractivity contribution in [2.75, 3.05) is 11.5 Å². The van der Waals surface area contributed by atoms with Crippen molar-refractivity contribution in [3.63, 3.8) is 0 Å². The number of carbonyl (C=O) groups is 1. The van der Waals surface area contributed by atoms with Crippen LogP contribution in [0.2, 0.25) is 15.1 Å². The summed E-state index contributed by atoms with van der Waals surface area (Å²) in [5.74, 6) is -7.23. The molecule has 0 spiro atoms. The quantitative estimate of drug-likeness (QED) is 0.229. The van der Waals surface area contributed by atoms with Crippen LogP contribution < -0.4 is 5.32 Å². The van der Waals surface area contributed by atoms with Gasteiger partial charge in [-0.15, -0.1) is 0 Å². The number of halogens is 12. The Hall–Kier alpha value is -2.16. The molecule has 0 fully saturated rings.